The van der Waals surface area contributed by atoms with Gasteiger partial charge in [0.25, 0.3) is 0 Å². The van der Waals surface area contributed by atoms with Crippen molar-refractivity contribution in [2.75, 3.05) is 25.9 Å². The Morgan fingerprint density at radius 1 is 1.46 bits per heavy atom. The molecule has 0 spiro atoms. The number of fused-ring (bicyclic) bond motifs is 1. The van der Waals surface area contributed by atoms with Gasteiger partial charge in [-0.2, -0.15) is 11.8 Å². The van der Waals surface area contributed by atoms with Crippen molar-refractivity contribution in [2.45, 2.75) is 25.1 Å². The molecule has 5 nitrogen and oxygen atoms in total. The molecular formula is C16H23ClIN5S. The van der Waals surface area contributed by atoms with Crippen LogP contribution in [0.1, 0.15) is 19.0 Å². The van der Waals surface area contributed by atoms with Crippen molar-refractivity contribution in [1.82, 2.24) is 19.6 Å². The maximum Gasteiger partial charge on any atom is 0.194 e. The Labute approximate surface area is 169 Å². The summed E-state index contributed by atoms with van der Waals surface area (Å²) >= 11 is 8.08. The zero-order valence-corrected chi connectivity index (χ0v) is 17.8. The van der Waals surface area contributed by atoms with Crippen LogP contribution >= 0.6 is 47.3 Å². The Bertz CT molecular complexity index is 705. The van der Waals surface area contributed by atoms with Crippen LogP contribution < -0.4 is 5.32 Å². The van der Waals surface area contributed by atoms with E-state index in [-0.39, 0.29) is 24.0 Å². The Balaban J connectivity index is 0.00000208. The minimum Gasteiger partial charge on any atom is -0.351 e. The summed E-state index contributed by atoms with van der Waals surface area (Å²) in [5.41, 5.74) is 1.88. The average Bonchev–Trinajstić information content (AvgIpc) is 2.97. The maximum atomic E-state index is 6.01. The molecule has 3 heterocycles. The maximum absolute atomic E-state index is 6.01. The molecule has 0 aromatic carbocycles. The molecule has 1 N–H and O–H groups in total. The van der Waals surface area contributed by atoms with Crippen LogP contribution in [0.15, 0.2) is 29.5 Å². The van der Waals surface area contributed by atoms with E-state index in [4.69, 9.17) is 11.6 Å². The van der Waals surface area contributed by atoms with E-state index in [9.17, 15) is 0 Å². The van der Waals surface area contributed by atoms with Gasteiger partial charge in [-0.1, -0.05) is 18.5 Å². The fraction of sp³-hybridized carbons (Fsp3) is 0.500. The molecule has 8 heteroatoms. The number of nitrogens with zero attached hydrogens (tertiary/aromatic N) is 4. The molecule has 0 saturated carbocycles. The van der Waals surface area contributed by atoms with Gasteiger partial charge in [0.1, 0.15) is 5.65 Å². The Morgan fingerprint density at radius 2 is 2.29 bits per heavy atom. The lowest BCUT2D eigenvalue weighted by atomic mass is 10.3. The van der Waals surface area contributed by atoms with Gasteiger partial charge in [-0.15, -0.1) is 24.0 Å². The second kappa shape index (κ2) is 9.15. The van der Waals surface area contributed by atoms with Crippen molar-refractivity contribution < 1.29 is 0 Å². The Morgan fingerprint density at radius 3 is 3.04 bits per heavy atom. The standard InChI is InChI=1S/C16H22ClN5S.HI/c1-3-14-11-21(6-7-23-14)16(18-2)19-8-13-10-22-9-12(17)4-5-15(22)20-13;/h4-5,9-10,14H,3,6-8,11H2,1-2H3,(H,18,19);1H. The van der Waals surface area contributed by atoms with Gasteiger partial charge in [-0.25, -0.2) is 4.98 Å². The molecule has 24 heavy (non-hydrogen) atoms. The summed E-state index contributed by atoms with van der Waals surface area (Å²) in [7, 11) is 1.84. The van der Waals surface area contributed by atoms with Crippen molar-refractivity contribution in [3.8, 4) is 0 Å². The molecule has 1 saturated heterocycles. The number of imidazole rings is 1. The number of hydrogen-bond acceptors (Lipinski definition) is 3. The van der Waals surface area contributed by atoms with E-state index in [0.717, 1.165) is 36.1 Å². The lowest BCUT2D eigenvalue weighted by Gasteiger charge is -2.34. The zero-order chi connectivity index (χ0) is 16.2. The molecule has 3 rings (SSSR count). The molecule has 1 aliphatic heterocycles. The SMILES string of the molecule is CCC1CN(C(=NC)NCc2cn3cc(Cl)ccc3n2)CCS1.I. The molecule has 1 aliphatic rings. The fourth-order valence-electron chi connectivity index (χ4n) is 2.76. The Kier molecular flexibility index (Phi) is 7.49. The molecule has 0 aliphatic carbocycles. The summed E-state index contributed by atoms with van der Waals surface area (Å²) in [4.78, 5) is 11.4. The molecule has 2 aromatic rings. The number of hydrogen-bond donors (Lipinski definition) is 1. The highest BCUT2D eigenvalue weighted by Crippen LogP contribution is 2.21. The second-order valence-corrected chi connectivity index (χ2v) is 7.44. The van der Waals surface area contributed by atoms with E-state index in [1.54, 1.807) is 0 Å². The van der Waals surface area contributed by atoms with Gasteiger partial charge in [0.2, 0.25) is 0 Å². The van der Waals surface area contributed by atoms with Crippen molar-refractivity contribution in [3.05, 3.63) is 35.2 Å². The van der Waals surface area contributed by atoms with Gasteiger partial charge in [0, 0.05) is 43.5 Å². The van der Waals surface area contributed by atoms with Crippen LogP contribution in [0.2, 0.25) is 5.02 Å². The van der Waals surface area contributed by atoms with Crippen molar-refractivity contribution in [2.24, 2.45) is 4.99 Å². The predicted molar refractivity (Wildman–Crippen MR) is 114 cm³/mol. The highest BCUT2D eigenvalue weighted by Gasteiger charge is 2.21. The lowest BCUT2D eigenvalue weighted by molar-refractivity contribution is 0.408. The van der Waals surface area contributed by atoms with Crippen molar-refractivity contribution in [1.29, 1.82) is 0 Å². The number of guanidine groups is 1. The Hall–Kier alpha value is -0.670. The first-order chi connectivity index (χ1) is 11.2. The molecule has 1 atom stereocenters. The first-order valence-corrected chi connectivity index (χ1v) is 9.32. The largest absolute Gasteiger partial charge is 0.351 e. The first-order valence-electron chi connectivity index (χ1n) is 7.90. The van der Waals surface area contributed by atoms with Gasteiger partial charge in [-0.3, -0.25) is 4.99 Å². The predicted octanol–water partition coefficient (Wildman–Crippen LogP) is 3.51. The van der Waals surface area contributed by atoms with Gasteiger partial charge in [0.05, 0.1) is 17.3 Å². The van der Waals surface area contributed by atoms with E-state index in [2.05, 4.69) is 38.9 Å². The van der Waals surface area contributed by atoms with Gasteiger partial charge in [-0.05, 0) is 18.6 Å². The van der Waals surface area contributed by atoms with Crippen LogP contribution in [0.25, 0.3) is 5.65 Å². The van der Waals surface area contributed by atoms with E-state index in [1.807, 2.05) is 36.0 Å². The molecule has 0 radical (unpaired) electrons. The summed E-state index contributed by atoms with van der Waals surface area (Å²) in [5.74, 6) is 2.12. The van der Waals surface area contributed by atoms with Crippen LogP contribution in [0.3, 0.4) is 0 Å². The summed E-state index contributed by atoms with van der Waals surface area (Å²) in [6.45, 7) is 5.01. The lowest BCUT2D eigenvalue weighted by Crippen LogP contribution is -2.47. The van der Waals surface area contributed by atoms with Crippen LogP contribution in [-0.2, 0) is 6.54 Å². The topological polar surface area (TPSA) is 44.9 Å². The van der Waals surface area contributed by atoms with E-state index in [0.29, 0.717) is 16.8 Å². The third-order valence-corrected chi connectivity index (χ3v) is 5.59. The normalized spacial score (nSPS) is 18.5. The average molecular weight is 480 g/mol. The third-order valence-electron chi connectivity index (χ3n) is 4.00. The smallest absolute Gasteiger partial charge is 0.194 e. The van der Waals surface area contributed by atoms with E-state index < -0.39 is 0 Å². The summed E-state index contributed by atoms with van der Waals surface area (Å²) in [6, 6.07) is 3.78. The van der Waals surface area contributed by atoms with Crippen LogP contribution in [0.5, 0.6) is 0 Å². The van der Waals surface area contributed by atoms with E-state index in [1.165, 1.54) is 6.42 Å². The molecule has 1 fully saturated rings. The first kappa shape index (κ1) is 19.7. The minimum atomic E-state index is 0. The number of rotatable bonds is 3. The van der Waals surface area contributed by atoms with Crippen molar-refractivity contribution in [3.63, 3.8) is 0 Å². The molecule has 0 bridgehead atoms. The second-order valence-electron chi connectivity index (χ2n) is 5.59. The van der Waals surface area contributed by atoms with Gasteiger partial charge < -0.3 is 14.6 Å². The summed E-state index contributed by atoms with van der Waals surface area (Å²) in [5, 5.41) is 4.84. The summed E-state index contributed by atoms with van der Waals surface area (Å²) in [6.07, 6.45) is 5.07. The van der Waals surface area contributed by atoms with Crippen molar-refractivity contribution >= 4 is 58.9 Å². The number of thioether (sulfide) groups is 1. The minimum absolute atomic E-state index is 0. The highest BCUT2D eigenvalue weighted by atomic mass is 127. The molecule has 1 unspecified atom stereocenters. The quantitative estimate of drug-likeness (QED) is 0.416. The van der Waals surface area contributed by atoms with Crippen LogP contribution in [0.4, 0.5) is 0 Å². The molecule has 132 valence electrons. The van der Waals surface area contributed by atoms with E-state index >= 15 is 0 Å². The molecular weight excluding hydrogens is 457 g/mol. The number of aliphatic imine (C=N–C) groups is 1. The monoisotopic (exact) mass is 479 g/mol. The zero-order valence-electron chi connectivity index (χ0n) is 13.9. The number of pyridine rings is 1. The molecule has 2 aromatic heterocycles. The number of nitrogens with one attached hydrogen (secondary N) is 1. The fourth-order valence-corrected chi connectivity index (χ4v) is 4.11. The highest BCUT2D eigenvalue weighted by molar-refractivity contribution is 14.0. The van der Waals surface area contributed by atoms with Gasteiger partial charge in [0.15, 0.2) is 5.96 Å². The van der Waals surface area contributed by atoms with Crippen LogP contribution in [0, 0.1) is 0 Å². The summed E-state index contributed by atoms with van der Waals surface area (Å²) < 4.78 is 1.95. The van der Waals surface area contributed by atoms with Gasteiger partial charge >= 0.3 is 0 Å². The van der Waals surface area contributed by atoms with Crippen LogP contribution in [-0.4, -0.2) is 51.4 Å². The molecule has 0 amide bonds. The number of aromatic nitrogens is 2. The number of halogens is 2. The third kappa shape index (κ3) is 4.70.